The summed E-state index contributed by atoms with van der Waals surface area (Å²) in [5.74, 6) is -0.607. The molecule has 1 saturated heterocycles. The van der Waals surface area contributed by atoms with Gasteiger partial charge in [-0.25, -0.2) is 8.42 Å². The number of hydrogen-bond donors (Lipinski definition) is 1. The van der Waals surface area contributed by atoms with Crippen molar-refractivity contribution < 1.29 is 27.5 Å². The molecular weight excluding hydrogens is 336 g/mol. The molecule has 0 saturated carbocycles. The molecule has 9 heteroatoms. The van der Waals surface area contributed by atoms with E-state index in [2.05, 4.69) is 10.1 Å². The summed E-state index contributed by atoms with van der Waals surface area (Å²) in [6, 6.07) is 4.82. The summed E-state index contributed by atoms with van der Waals surface area (Å²) in [5.41, 5.74) is 0. The van der Waals surface area contributed by atoms with Crippen LogP contribution in [0.1, 0.15) is 13.3 Å². The number of esters is 1. The number of nitrogens with one attached hydrogen (secondary N) is 1. The summed E-state index contributed by atoms with van der Waals surface area (Å²) in [5, 5.41) is 2.57. The number of hydrogen-bond acceptors (Lipinski definition) is 6. The molecule has 1 aromatic rings. The Hall–Kier alpha value is -2.13. The van der Waals surface area contributed by atoms with E-state index in [1.807, 2.05) is 6.92 Å². The van der Waals surface area contributed by atoms with Gasteiger partial charge in [0.1, 0.15) is 11.8 Å². The van der Waals surface area contributed by atoms with Crippen LogP contribution in [-0.4, -0.2) is 57.4 Å². The van der Waals surface area contributed by atoms with E-state index < -0.39 is 27.9 Å². The highest BCUT2D eigenvalue weighted by atomic mass is 32.2. The van der Waals surface area contributed by atoms with Crippen LogP contribution in [-0.2, 0) is 24.3 Å². The van der Waals surface area contributed by atoms with Crippen LogP contribution in [0.25, 0.3) is 0 Å². The molecule has 1 amide bonds. The maximum absolute atomic E-state index is 12.8. The molecule has 24 heavy (non-hydrogen) atoms. The lowest BCUT2D eigenvalue weighted by atomic mass is 10.1. The van der Waals surface area contributed by atoms with Gasteiger partial charge in [0.05, 0.1) is 25.0 Å². The second kappa shape index (κ2) is 7.63. The average molecular weight is 356 g/mol. The zero-order valence-electron chi connectivity index (χ0n) is 13.5. The maximum Gasteiger partial charge on any atom is 0.307 e. The predicted octanol–water partition coefficient (Wildman–Crippen LogP) is 0.138. The van der Waals surface area contributed by atoms with Crippen molar-refractivity contribution in [2.45, 2.75) is 24.3 Å². The molecule has 2 rings (SSSR count). The number of ether oxygens (including phenoxy) is 2. The Morgan fingerprint density at radius 1 is 1.33 bits per heavy atom. The van der Waals surface area contributed by atoms with Crippen LogP contribution < -0.4 is 10.1 Å². The van der Waals surface area contributed by atoms with Crippen LogP contribution in [0.5, 0.6) is 5.75 Å². The first kappa shape index (κ1) is 18.2. The Labute approximate surface area is 140 Å². The van der Waals surface area contributed by atoms with Gasteiger partial charge in [0.25, 0.3) is 0 Å². The highest BCUT2D eigenvalue weighted by Crippen LogP contribution is 2.23. The van der Waals surface area contributed by atoms with Crippen LogP contribution >= 0.6 is 0 Å². The standard InChI is InChI=1S/C15H20N2O6S/c1-3-23-11-4-6-12(7-5-11)24(20,21)17-9-8-16-15(19)13(17)10-14(18)22-2/h4-7,13H,3,8-10H2,1-2H3,(H,16,19)/t13-/m0/s1. The van der Waals surface area contributed by atoms with Crippen molar-refractivity contribution in [3.63, 3.8) is 0 Å². The van der Waals surface area contributed by atoms with E-state index in [-0.39, 0.29) is 24.4 Å². The van der Waals surface area contributed by atoms with Crippen LogP contribution in [0.15, 0.2) is 29.2 Å². The Morgan fingerprint density at radius 3 is 2.58 bits per heavy atom. The van der Waals surface area contributed by atoms with Gasteiger partial charge in [-0.3, -0.25) is 9.59 Å². The van der Waals surface area contributed by atoms with E-state index in [1.165, 1.54) is 19.2 Å². The van der Waals surface area contributed by atoms with Gasteiger partial charge in [-0.15, -0.1) is 0 Å². The minimum atomic E-state index is -3.92. The first-order valence-corrected chi connectivity index (χ1v) is 8.93. The van der Waals surface area contributed by atoms with Crippen LogP contribution in [0.4, 0.5) is 0 Å². The summed E-state index contributed by atoms with van der Waals surface area (Å²) < 4.78 is 36.6. The molecule has 0 aromatic heterocycles. The Balaban J connectivity index is 2.30. The monoisotopic (exact) mass is 356 g/mol. The fraction of sp³-hybridized carbons (Fsp3) is 0.467. The number of methoxy groups -OCH3 is 1. The molecule has 0 radical (unpaired) electrons. The smallest absolute Gasteiger partial charge is 0.307 e. The molecule has 1 N–H and O–H groups in total. The molecule has 1 atom stereocenters. The van der Waals surface area contributed by atoms with Gasteiger partial charge in [-0.1, -0.05) is 0 Å². The van der Waals surface area contributed by atoms with E-state index in [0.29, 0.717) is 12.4 Å². The van der Waals surface area contributed by atoms with E-state index in [4.69, 9.17) is 4.74 Å². The van der Waals surface area contributed by atoms with Crippen molar-refractivity contribution in [1.82, 2.24) is 9.62 Å². The van der Waals surface area contributed by atoms with Crippen molar-refractivity contribution in [1.29, 1.82) is 0 Å². The van der Waals surface area contributed by atoms with E-state index >= 15 is 0 Å². The lowest BCUT2D eigenvalue weighted by Gasteiger charge is -2.33. The SMILES string of the molecule is CCOc1ccc(S(=O)(=O)N2CCNC(=O)[C@@H]2CC(=O)OC)cc1. The number of carbonyl (C=O) groups excluding carboxylic acids is 2. The fourth-order valence-electron chi connectivity index (χ4n) is 2.43. The molecule has 1 heterocycles. The molecule has 0 bridgehead atoms. The lowest BCUT2D eigenvalue weighted by molar-refractivity contribution is -0.144. The number of amides is 1. The molecular formula is C15H20N2O6S. The van der Waals surface area contributed by atoms with Crippen LogP contribution in [0, 0.1) is 0 Å². The third kappa shape index (κ3) is 3.85. The van der Waals surface area contributed by atoms with Crippen LogP contribution in [0.2, 0.25) is 0 Å². The van der Waals surface area contributed by atoms with Crippen molar-refractivity contribution in [2.24, 2.45) is 0 Å². The summed E-state index contributed by atoms with van der Waals surface area (Å²) >= 11 is 0. The Kier molecular flexibility index (Phi) is 5.79. The number of benzene rings is 1. The molecule has 8 nitrogen and oxygen atoms in total. The zero-order chi connectivity index (χ0) is 17.7. The van der Waals surface area contributed by atoms with Gasteiger partial charge < -0.3 is 14.8 Å². The summed E-state index contributed by atoms with van der Waals surface area (Å²) in [4.78, 5) is 23.6. The van der Waals surface area contributed by atoms with E-state index in [1.54, 1.807) is 12.1 Å². The van der Waals surface area contributed by atoms with E-state index in [9.17, 15) is 18.0 Å². The third-order valence-electron chi connectivity index (χ3n) is 3.61. The highest BCUT2D eigenvalue weighted by molar-refractivity contribution is 7.89. The first-order chi connectivity index (χ1) is 11.4. The minimum Gasteiger partial charge on any atom is -0.494 e. The van der Waals surface area contributed by atoms with Gasteiger partial charge in [-0.2, -0.15) is 4.31 Å². The largest absolute Gasteiger partial charge is 0.494 e. The molecule has 1 aromatic carbocycles. The van der Waals surface area contributed by atoms with Gasteiger partial charge in [0.2, 0.25) is 15.9 Å². The summed E-state index contributed by atoms with van der Waals surface area (Å²) in [6.45, 7) is 2.57. The number of carbonyl (C=O) groups is 2. The van der Waals surface area contributed by atoms with Gasteiger partial charge in [-0.05, 0) is 31.2 Å². The van der Waals surface area contributed by atoms with Crippen molar-refractivity contribution in [3.05, 3.63) is 24.3 Å². The second-order valence-electron chi connectivity index (χ2n) is 5.11. The normalized spacial score (nSPS) is 18.8. The number of sulfonamides is 1. The number of rotatable bonds is 6. The van der Waals surface area contributed by atoms with Crippen molar-refractivity contribution in [2.75, 3.05) is 26.8 Å². The highest BCUT2D eigenvalue weighted by Gasteiger charge is 2.39. The topological polar surface area (TPSA) is 102 Å². The lowest BCUT2D eigenvalue weighted by Crippen LogP contribution is -2.57. The Morgan fingerprint density at radius 2 is 2.00 bits per heavy atom. The van der Waals surface area contributed by atoms with Gasteiger partial charge in [0.15, 0.2) is 0 Å². The number of nitrogens with zero attached hydrogens (tertiary/aromatic N) is 1. The van der Waals surface area contributed by atoms with Crippen molar-refractivity contribution in [3.8, 4) is 5.75 Å². The Bertz CT molecular complexity index is 701. The molecule has 0 aliphatic carbocycles. The van der Waals surface area contributed by atoms with Gasteiger partial charge in [0, 0.05) is 13.1 Å². The second-order valence-corrected chi connectivity index (χ2v) is 7.00. The van der Waals surface area contributed by atoms with E-state index in [0.717, 1.165) is 4.31 Å². The van der Waals surface area contributed by atoms with Crippen LogP contribution in [0.3, 0.4) is 0 Å². The molecule has 1 aliphatic heterocycles. The third-order valence-corrected chi connectivity index (χ3v) is 5.53. The summed E-state index contributed by atoms with van der Waals surface area (Å²) in [7, 11) is -2.73. The fourth-order valence-corrected chi connectivity index (χ4v) is 4.01. The molecule has 1 aliphatic rings. The summed E-state index contributed by atoms with van der Waals surface area (Å²) in [6.07, 6.45) is -0.335. The first-order valence-electron chi connectivity index (χ1n) is 7.49. The molecule has 0 unspecified atom stereocenters. The van der Waals surface area contributed by atoms with Gasteiger partial charge >= 0.3 is 5.97 Å². The maximum atomic E-state index is 12.8. The zero-order valence-corrected chi connectivity index (χ0v) is 14.3. The predicted molar refractivity (Wildman–Crippen MR) is 84.9 cm³/mol. The van der Waals surface area contributed by atoms with Crippen molar-refractivity contribution >= 4 is 21.9 Å². The molecule has 132 valence electrons. The number of piperazine rings is 1. The average Bonchev–Trinajstić information content (AvgIpc) is 2.57. The quantitative estimate of drug-likeness (QED) is 0.728. The molecule has 0 spiro atoms. The minimum absolute atomic E-state index is 0.0375. The molecule has 1 fully saturated rings.